The summed E-state index contributed by atoms with van der Waals surface area (Å²) in [6.45, 7) is 0.201. The highest BCUT2D eigenvalue weighted by Gasteiger charge is 2.44. The summed E-state index contributed by atoms with van der Waals surface area (Å²) in [6, 6.07) is 1.87. The zero-order valence-electron chi connectivity index (χ0n) is 11.1. The van der Waals surface area contributed by atoms with Crippen LogP contribution in [0.1, 0.15) is 18.7 Å². The number of carbonyl (C=O) groups is 2. The molecule has 3 amide bonds. The van der Waals surface area contributed by atoms with Crippen molar-refractivity contribution >= 4 is 23.3 Å². The van der Waals surface area contributed by atoms with Gasteiger partial charge in [0.25, 0.3) is 5.91 Å². The molecule has 0 bridgehead atoms. The zero-order chi connectivity index (χ0) is 14.4. The van der Waals surface area contributed by atoms with Gasteiger partial charge in [-0.15, -0.1) is 0 Å². The number of hydrogen-bond donors (Lipinski definition) is 0. The largest absolute Gasteiger partial charge is 0.337 e. The zero-order valence-corrected chi connectivity index (χ0v) is 11.9. The molecular formula is C13H12N4O3S. The summed E-state index contributed by atoms with van der Waals surface area (Å²) in [6.07, 6.45) is 1.96. The Bertz CT molecular complexity index is 692. The standard InChI is InChI=1S/C13H12N4O3S/c18-11-6-16(9-1-2-9)13(19)17(11)5-10-14-12(15-20-10)8-3-4-21-7-8/h3-4,7,9H,1-2,5-6H2. The van der Waals surface area contributed by atoms with Gasteiger partial charge in [-0.05, 0) is 24.3 Å². The van der Waals surface area contributed by atoms with Crippen molar-refractivity contribution in [2.45, 2.75) is 25.4 Å². The number of rotatable bonds is 4. The third-order valence-corrected chi connectivity index (χ3v) is 4.29. The quantitative estimate of drug-likeness (QED) is 0.804. The van der Waals surface area contributed by atoms with Gasteiger partial charge in [-0.3, -0.25) is 9.69 Å². The van der Waals surface area contributed by atoms with Crippen LogP contribution in [0, 0.1) is 0 Å². The van der Waals surface area contributed by atoms with Gasteiger partial charge in [0.1, 0.15) is 13.1 Å². The number of nitrogens with zero attached hydrogens (tertiary/aromatic N) is 4. The molecule has 2 aromatic heterocycles. The Labute approximate surface area is 124 Å². The molecule has 21 heavy (non-hydrogen) atoms. The first-order chi connectivity index (χ1) is 10.2. The molecule has 2 aromatic rings. The Morgan fingerprint density at radius 2 is 2.24 bits per heavy atom. The fraction of sp³-hybridized carbons (Fsp3) is 0.385. The number of carbonyl (C=O) groups excluding carboxylic acids is 2. The predicted molar refractivity (Wildman–Crippen MR) is 73.3 cm³/mol. The van der Waals surface area contributed by atoms with E-state index >= 15 is 0 Å². The summed E-state index contributed by atoms with van der Waals surface area (Å²) < 4.78 is 5.14. The number of amides is 3. The third-order valence-electron chi connectivity index (χ3n) is 3.61. The molecule has 0 atom stereocenters. The van der Waals surface area contributed by atoms with Crippen molar-refractivity contribution in [2.75, 3.05) is 6.54 Å². The topological polar surface area (TPSA) is 79.5 Å². The second-order valence-corrected chi connectivity index (χ2v) is 5.93. The SMILES string of the molecule is O=C1CN(C2CC2)C(=O)N1Cc1nc(-c2ccsc2)no1. The van der Waals surface area contributed by atoms with Crippen LogP contribution in [-0.2, 0) is 11.3 Å². The average Bonchev–Trinajstić information content (AvgIpc) is 2.90. The number of hydrogen-bond acceptors (Lipinski definition) is 6. The molecule has 8 heteroatoms. The molecule has 0 unspecified atom stereocenters. The molecule has 1 aliphatic carbocycles. The Morgan fingerprint density at radius 1 is 1.38 bits per heavy atom. The maximum Gasteiger partial charge on any atom is 0.327 e. The first-order valence-electron chi connectivity index (χ1n) is 6.68. The Balaban J connectivity index is 1.51. The van der Waals surface area contributed by atoms with E-state index in [1.54, 1.807) is 16.2 Å². The number of aromatic nitrogens is 2. The van der Waals surface area contributed by atoms with Crippen LogP contribution in [0.25, 0.3) is 11.4 Å². The predicted octanol–water partition coefficient (Wildman–Crippen LogP) is 1.72. The van der Waals surface area contributed by atoms with Crippen molar-refractivity contribution < 1.29 is 14.1 Å². The van der Waals surface area contributed by atoms with Gasteiger partial charge in [0.05, 0.1) is 0 Å². The molecule has 0 N–H and O–H groups in total. The summed E-state index contributed by atoms with van der Waals surface area (Å²) in [5.74, 6) is 0.544. The van der Waals surface area contributed by atoms with Crippen LogP contribution in [0.5, 0.6) is 0 Å². The van der Waals surface area contributed by atoms with E-state index in [1.807, 2.05) is 16.8 Å². The van der Waals surface area contributed by atoms with E-state index in [9.17, 15) is 9.59 Å². The lowest BCUT2D eigenvalue weighted by Crippen LogP contribution is -2.33. The molecule has 0 aromatic carbocycles. The fourth-order valence-electron chi connectivity index (χ4n) is 2.35. The highest BCUT2D eigenvalue weighted by atomic mass is 32.1. The van der Waals surface area contributed by atoms with E-state index in [0.29, 0.717) is 5.82 Å². The van der Waals surface area contributed by atoms with Gasteiger partial charge >= 0.3 is 6.03 Å². The lowest BCUT2D eigenvalue weighted by Gasteiger charge is -2.14. The van der Waals surface area contributed by atoms with Crippen LogP contribution < -0.4 is 0 Å². The summed E-state index contributed by atoms with van der Waals surface area (Å²) in [7, 11) is 0. The van der Waals surface area contributed by atoms with Crippen LogP contribution in [0.3, 0.4) is 0 Å². The van der Waals surface area contributed by atoms with Gasteiger partial charge in [-0.1, -0.05) is 5.16 Å². The van der Waals surface area contributed by atoms with Crippen molar-refractivity contribution in [3.63, 3.8) is 0 Å². The van der Waals surface area contributed by atoms with Gasteiger partial charge in [0.2, 0.25) is 11.7 Å². The molecule has 1 aliphatic heterocycles. The molecule has 2 aliphatic rings. The number of thiophene rings is 1. The maximum atomic E-state index is 12.2. The van der Waals surface area contributed by atoms with E-state index in [2.05, 4.69) is 10.1 Å². The molecule has 1 saturated carbocycles. The number of urea groups is 1. The minimum Gasteiger partial charge on any atom is -0.337 e. The van der Waals surface area contributed by atoms with Crippen molar-refractivity contribution in [3.8, 4) is 11.4 Å². The molecule has 7 nitrogen and oxygen atoms in total. The lowest BCUT2D eigenvalue weighted by atomic mass is 10.3. The molecule has 3 heterocycles. The summed E-state index contributed by atoms with van der Waals surface area (Å²) >= 11 is 1.54. The first kappa shape index (κ1) is 12.5. The molecule has 0 spiro atoms. The van der Waals surface area contributed by atoms with Crippen LogP contribution >= 0.6 is 11.3 Å². The van der Waals surface area contributed by atoms with E-state index in [-0.39, 0.29) is 37.0 Å². The smallest absolute Gasteiger partial charge is 0.327 e. The Kier molecular flexibility index (Phi) is 2.78. The number of imide groups is 1. The molecule has 4 rings (SSSR count). The van der Waals surface area contributed by atoms with Crippen LogP contribution in [0.4, 0.5) is 4.79 Å². The monoisotopic (exact) mass is 304 g/mol. The maximum absolute atomic E-state index is 12.2. The van der Waals surface area contributed by atoms with E-state index in [1.165, 1.54) is 4.90 Å². The highest BCUT2D eigenvalue weighted by Crippen LogP contribution is 2.30. The van der Waals surface area contributed by atoms with Gasteiger partial charge in [0.15, 0.2) is 0 Å². The van der Waals surface area contributed by atoms with Crippen molar-refractivity contribution in [2.24, 2.45) is 0 Å². The third kappa shape index (κ3) is 2.21. The summed E-state index contributed by atoms with van der Waals surface area (Å²) in [5, 5.41) is 7.71. The molecule has 1 saturated heterocycles. The fourth-order valence-corrected chi connectivity index (χ4v) is 2.99. The Hall–Kier alpha value is -2.22. The summed E-state index contributed by atoms with van der Waals surface area (Å²) in [5.41, 5.74) is 0.869. The minimum atomic E-state index is -0.252. The minimum absolute atomic E-state index is 0.0397. The van der Waals surface area contributed by atoms with Gasteiger partial charge in [0, 0.05) is 17.0 Å². The van der Waals surface area contributed by atoms with Gasteiger partial charge in [-0.25, -0.2) is 4.79 Å². The Morgan fingerprint density at radius 3 is 2.95 bits per heavy atom. The second-order valence-electron chi connectivity index (χ2n) is 5.15. The van der Waals surface area contributed by atoms with Crippen molar-refractivity contribution in [1.29, 1.82) is 0 Å². The highest BCUT2D eigenvalue weighted by molar-refractivity contribution is 7.08. The first-order valence-corrected chi connectivity index (χ1v) is 7.63. The van der Waals surface area contributed by atoms with Crippen LogP contribution in [0.2, 0.25) is 0 Å². The second kappa shape index (κ2) is 4.66. The lowest BCUT2D eigenvalue weighted by molar-refractivity contribution is -0.126. The molecular weight excluding hydrogens is 292 g/mol. The van der Waals surface area contributed by atoms with E-state index in [4.69, 9.17) is 4.52 Å². The summed E-state index contributed by atoms with van der Waals surface area (Å²) in [4.78, 5) is 31.2. The molecule has 2 fully saturated rings. The van der Waals surface area contributed by atoms with E-state index < -0.39 is 0 Å². The molecule has 108 valence electrons. The normalized spacial score (nSPS) is 18.9. The van der Waals surface area contributed by atoms with Crippen LogP contribution in [-0.4, -0.2) is 44.5 Å². The van der Waals surface area contributed by atoms with Crippen LogP contribution in [0.15, 0.2) is 21.3 Å². The van der Waals surface area contributed by atoms with Gasteiger partial charge in [-0.2, -0.15) is 16.3 Å². The molecule has 0 radical (unpaired) electrons. The van der Waals surface area contributed by atoms with Gasteiger partial charge < -0.3 is 9.42 Å². The van der Waals surface area contributed by atoms with E-state index in [0.717, 1.165) is 18.4 Å². The van der Waals surface area contributed by atoms with Crippen molar-refractivity contribution in [3.05, 3.63) is 22.7 Å². The van der Waals surface area contributed by atoms with Crippen molar-refractivity contribution in [1.82, 2.24) is 19.9 Å². The average molecular weight is 304 g/mol.